The minimum atomic E-state index is -0.707. The summed E-state index contributed by atoms with van der Waals surface area (Å²) in [4.78, 5) is 25.5. The number of rotatable bonds is 6. The topological polar surface area (TPSA) is 83.6 Å². The van der Waals surface area contributed by atoms with Gasteiger partial charge < -0.3 is 15.7 Å². The maximum absolute atomic E-state index is 12.2. The Morgan fingerprint density at radius 2 is 1.95 bits per heavy atom. The van der Waals surface area contributed by atoms with Crippen LogP contribution in [0.3, 0.4) is 0 Å². The molecule has 5 heteroatoms. The fourth-order valence-electron chi connectivity index (χ4n) is 3.26. The van der Waals surface area contributed by atoms with E-state index in [1.54, 1.807) is 4.90 Å². The van der Waals surface area contributed by atoms with Crippen LogP contribution in [0.4, 0.5) is 0 Å². The van der Waals surface area contributed by atoms with E-state index in [0.717, 1.165) is 19.3 Å². The molecule has 1 saturated carbocycles. The van der Waals surface area contributed by atoms with Gasteiger partial charge in [0.25, 0.3) is 0 Å². The van der Waals surface area contributed by atoms with Gasteiger partial charge in [-0.3, -0.25) is 9.59 Å². The summed E-state index contributed by atoms with van der Waals surface area (Å²) in [5.41, 5.74) is 5.37. The van der Waals surface area contributed by atoms with Gasteiger partial charge in [-0.15, -0.1) is 0 Å². The number of carbonyl (C=O) groups excluding carboxylic acids is 1. The maximum atomic E-state index is 12.2. The van der Waals surface area contributed by atoms with Gasteiger partial charge in [0.2, 0.25) is 5.91 Å². The van der Waals surface area contributed by atoms with Crippen LogP contribution in [0, 0.1) is 11.3 Å². The largest absolute Gasteiger partial charge is 0.481 e. The van der Waals surface area contributed by atoms with Gasteiger partial charge in [-0.2, -0.15) is 0 Å². The van der Waals surface area contributed by atoms with Crippen LogP contribution in [0.25, 0.3) is 0 Å². The molecule has 1 atom stereocenters. The van der Waals surface area contributed by atoms with Crippen molar-refractivity contribution >= 4 is 11.9 Å². The molecule has 2 fully saturated rings. The number of likely N-dealkylation sites (tertiary alicyclic amines) is 1. The summed E-state index contributed by atoms with van der Waals surface area (Å²) in [7, 11) is 0. The SMILES string of the molecule is CCCC1(C(=O)O)CCN(C(=O)CC(N)C2CC2)CC1. The molecule has 0 aromatic heterocycles. The lowest BCUT2D eigenvalue weighted by Gasteiger charge is -2.39. The molecule has 5 nitrogen and oxygen atoms in total. The highest BCUT2D eigenvalue weighted by Gasteiger charge is 2.42. The first-order valence-electron chi connectivity index (χ1n) is 7.75. The minimum Gasteiger partial charge on any atom is -0.481 e. The number of carboxylic acids is 1. The quantitative estimate of drug-likeness (QED) is 0.775. The van der Waals surface area contributed by atoms with Crippen molar-refractivity contribution in [3.8, 4) is 0 Å². The van der Waals surface area contributed by atoms with Gasteiger partial charge in [-0.1, -0.05) is 13.3 Å². The van der Waals surface area contributed by atoms with E-state index in [2.05, 4.69) is 0 Å². The molecule has 1 aliphatic carbocycles. The van der Waals surface area contributed by atoms with Gasteiger partial charge in [0, 0.05) is 25.6 Å². The third kappa shape index (κ3) is 3.32. The Labute approximate surface area is 120 Å². The Morgan fingerprint density at radius 3 is 2.40 bits per heavy atom. The Morgan fingerprint density at radius 1 is 1.35 bits per heavy atom. The molecular weight excluding hydrogens is 256 g/mol. The zero-order valence-corrected chi connectivity index (χ0v) is 12.3. The number of nitrogens with two attached hydrogens (primary N) is 1. The average Bonchev–Trinajstić information content (AvgIpc) is 3.23. The first-order chi connectivity index (χ1) is 9.48. The summed E-state index contributed by atoms with van der Waals surface area (Å²) in [5.74, 6) is -0.0806. The molecule has 3 N–H and O–H groups in total. The van der Waals surface area contributed by atoms with Gasteiger partial charge in [0.1, 0.15) is 0 Å². The molecular formula is C15H26N2O3. The Hall–Kier alpha value is -1.10. The third-order valence-corrected chi connectivity index (χ3v) is 4.89. The number of amides is 1. The fourth-order valence-corrected chi connectivity index (χ4v) is 3.26. The highest BCUT2D eigenvalue weighted by molar-refractivity contribution is 5.78. The number of hydrogen-bond donors (Lipinski definition) is 2. The van der Waals surface area contributed by atoms with Crippen molar-refractivity contribution in [1.82, 2.24) is 4.90 Å². The second kappa shape index (κ2) is 6.12. The molecule has 20 heavy (non-hydrogen) atoms. The summed E-state index contributed by atoms with van der Waals surface area (Å²) in [6, 6.07) is -0.00991. The highest BCUT2D eigenvalue weighted by Crippen LogP contribution is 2.37. The molecule has 2 rings (SSSR count). The summed E-state index contributed by atoms with van der Waals surface area (Å²) in [5, 5.41) is 9.45. The smallest absolute Gasteiger partial charge is 0.309 e. The molecule has 0 aromatic carbocycles. The second-order valence-corrected chi connectivity index (χ2v) is 6.42. The standard InChI is InChI=1S/C15H26N2O3/c1-2-5-15(14(19)20)6-8-17(9-7-15)13(18)10-12(16)11-3-4-11/h11-12H,2-10,16H2,1H3,(H,19,20). The molecule has 1 saturated heterocycles. The van der Waals surface area contributed by atoms with Crippen LogP contribution in [0.1, 0.15) is 51.9 Å². The van der Waals surface area contributed by atoms with Crippen molar-refractivity contribution in [2.45, 2.75) is 57.9 Å². The van der Waals surface area contributed by atoms with Crippen molar-refractivity contribution in [2.24, 2.45) is 17.1 Å². The molecule has 2 aliphatic rings. The Kier molecular flexibility index (Phi) is 4.68. The van der Waals surface area contributed by atoms with Crippen molar-refractivity contribution in [1.29, 1.82) is 0 Å². The molecule has 0 bridgehead atoms. The van der Waals surface area contributed by atoms with Crippen LogP contribution < -0.4 is 5.73 Å². The molecule has 114 valence electrons. The monoisotopic (exact) mass is 282 g/mol. The molecule has 0 aromatic rings. The van der Waals surface area contributed by atoms with E-state index < -0.39 is 11.4 Å². The average molecular weight is 282 g/mol. The number of carboxylic acid groups (broad SMARTS) is 1. The third-order valence-electron chi connectivity index (χ3n) is 4.89. The lowest BCUT2D eigenvalue weighted by molar-refractivity contribution is -0.155. The fraction of sp³-hybridized carbons (Fsp3) is 0.867. The van der Waals surface area contributed by atoms with Crippen LogP contribution in [0.2, 0.25) is 0 Å². The van der Waals surface area contributed by atoms with E-state index in [9.17, 15) is 14.7 Å². The van der Waals surface area contributed by atoms with Gasteiger partial charge >= 0.3 is 5.97 Å². The molecule has 0 radical (unpaired) electrons. The van der Waals surface area contributed by atoms with E-state index in [-0.39, 0.29) is 11.9 Å². The summed E-state index contributed by atoms with van der Waals surface area (Å²) in [6.45, 7) is 3.13. The number of nitrogens with zero attached hydrogens (tertiary/aromatic N) is 1. The first kappa shape index (κ1) is 15.3. The van der Waals surface area contributed by atoms with Crippen LogP contribution >= 0.6 is 0 Å². The predicted octanol–water partition coefficient (Wildman–Crippen LogP) is 1.61. The summed E-state index contributed by atoms with van der Waals surface area (Å²) >= 11 is 0. The molecule has 1 heterocycles. The zero-order valence-electron chi connectivity index (χ0n) is 12.3. The van der Waals surface area contributed by atoms with Gasteiger partial charge in [-0.25, -0.2) is 0 Å². The van der Waals surface area contributed by atoms with Crippen molar-refractivity contribution in [3.05, 3.63) is 0 Å². The van der Waals surface area contributed by atoms with Crippen LogP contribution in [0.5, 0.6) is 0 Å². The first-order valence-corrected chi connectivity index (χ1v) is 7.75. The van der Waals surface area contributed by atoms with E-state index in [1.165, 1.54) is 0 Å². The number of carbonyl (C=O) groups is 2. The van der Waals surface area contributed by atoms with E-state index >= 15 is 0 Å². The minimum absolute atomic E-state index is 0.00991. The van der Waals surface area contributed by atoms with E-state index in [4.69, 9.17) is 5.73 Å². The van der Waals surface area contributed by atoms with Crippen molar-refractivity contribution in [2.75, 3.05) is 13.1 Å². The summed E-state index contributed by atoms with van der Waals surface area (Å²) in [6.07, 6.45) is 5.42. The van der Waals surface area contributed by atoms with Crippen LogP contribution in [-0.2, 0) is 9.59 Å². The second-order valence-electron chi connectivity index (χ2n) is 6.42. The molecule has 1 unspecified atom stereocenters. The number of aliphatic carboxylic acids is 1. The molecule has 1 amide bonds. The Balaban J connectivity index is 1.86. The Bertz CT molecular complexity index is 371. The number of hydrogen-bond acceptors (Lipinski definition) is 3. The van der Waals surface area contributed by atoms with E-state index in [0.29, 0.717) is 44.7 Å². The zero-order chi connectivity index (χ0) is 14.8. The lowest BCUT2D eigenvalue weighted by atomic mass is 9.75. The van der Waals surface area contributed by atoms with Gasteiger partial charge in [0.05, 0.1) is 5.41 Å². The number of piperidine rings is 1. The van der Waals surface area contributed by atoms with Crippen LogP contribution in [-0.4, -0.2) is 41.0 Å². The van der Waals surface area contributed by atoms with Crippen molar-refractivity contribution < 1.29 is 14.7 Å². The van der Waals surface area contributed by atoms with E-state index in [1.807, 2.05) is 6.92 Å². The molecule has 1 aliphatic heterocycles. The van der Waals surface area contributed by atoms with Gasteiger partial charge in [-0.05, 0) is 38.0 Å². The van der Waals surface area contributed by atoms with Crippen molar-refractivity contribution in [3.63, 3.8) is 0 Å². The normalized spacial score (nSPS) is 23.4. The molecule has 0 spiro atoms. The maximum Gasteiger partial charge on any atom is 0.309 e. The lowest BCUT2D eigenvalue weighted by Crippen LogP contribution is -2.47. The van der Waals surface area contributed by atoms with Gasteiger partial charge in [0.15, 0.2) is 0 Å². The van der Waals surface area contributed by atoms with Crippen LogP contribution in [0.15, 0.2) is 0 Å². The predicted molar refractivity (Wildman–Crippen MR) is 76.1 cm³/mol. The summed E-state index contributed by atoms with van der Waals surface area (Å²) < 4.78 is 0. The highest BCUT2D eigenvalue weighted by atomic mass is 16.4.